The van der Waals surface area contributed by atoms with Gasteiger partial charge in [0.1, 0.15) is 0 Å². The number of carbonyl (C=O) groups excluding carboxylic acids is 1. The van der Waals surface area contributed by atoms with Crippen molar-refractivity contribution in [2.24, 2.45) is 10.9 Å². The van der Waals surface area contributed by atoms with E-state index < -0.39 is 0 Å². The molecule has 2 saturated heterocycles. The number of amides is 1. The molecule has 0 aliphatic carbocycles. The van der Waals surface area contributed by atoms with E-state index in [1.54, 1.807) is 0 Å². The first-order valence-electron chi connectivity index (χ1n) is 10.6. The number of hydrogen-bond acceptors (Lipinski definition) is 3. The molecule has 2 rings (SSSR count). The van der Waals surface area contributed by atoms with Gasteiger partial charge in [-0.05, 0) is 45.4 Å². The van der Waals surface area contributed by atoms with Gasteiger partial charge in [-0.15, -0.1) is 24.0 Å². The lowest BCUT2D eigenvalue weighted by molar-refractivity contribution is -0.135. The Kier molecular flexibility index (Phi) is 11.6. The van der Waals surface area contributed by atoms with E-state index in [0.717, 1.165) is 83.5 Å². The van der Waals surface area contributed by atoms with Crippen LogP contribution in [0.15, 0.2) is 4.99 Å². The first-order valence-corrected chi connectivity index (χ1v) is 10.6. The van der Waals surface area contributed by atoms with Gasteiger partial charge in [-0.1, -0.05) is 13.8 Å². The summed E-state index contributed by atoms with van der Waals surface area (Å²) in [5.74, 6) is 2.09. The summed E-state index contributed by atoms with van der Waals surface area (Å²) >= 11 is 0. The van der Waals surface area contributed by atoms with Crippen LogP contribution in [-0.2, 0) is 4.79 Å². The molecule has 0 aromatic rings. The average molecular weight is 493 g/mol. The molecule has 2 aliphatic heterocycles. The van der Waals surface area contributed by atoms with Crippen LogP contribution in [0, 0.1) is 5.92 Å². The van der Waals surface area contributed by atoms with Crippen LogP contribution in [0.25, 0.3) is 0 Å². The Labute approximate surface area is 183 Å². The van der Waals surface area contributed by atoms with Crippen molar-refractivity contribution in [3.63, 3.8) is 0 Å². The molecule has 1 amide bonds. The van der Waals surface area contributed by atoms with Gasteiger partial charge in [-0.3, -0.25) is 14.7 Å². The Bertz CT molecular complexity index is 457. The maximum atomic E-state index is 12.6. The minimum Gasteiger partial charge on any atom is -0.357 e. The van der Waals surface area contributed by atoms with Gasteiger partial charge in [-0.2, -0.15) is 0 Å². The molecule has 0 radical (unpaired) electrons. The number of hydrogen-bond donors (Lipinski definition) is 1. The second-order valence-corrected chi connectivity index (χ2v) is 8.00. The SMILES string of the molecule is CCNC(=NCCCC(C)C)N1CCN(C(C)C(=O)N2CCCC2)CC1.I. The van der Waals surface area contributed by atoms with Gasteiger partial charge in [0.2, 0.25) is 5.91 Å². The molecule has 0 spiro atoms. The van der Waals surface area contributed by atoms with E-state index >= 15 is 0 Å². The molecular formula is C20H40IN5O. The van der Waals surface area contributed by atoms with Crippen LogP contribution in [-0.4, -0.2) is 85.0 Å². The third kappa shape index (κ3) is 7.75. The van der Waals surface area contributed by atoms with Crippen molar-refractivity contribution >= 4 is 35.8 Å². The van der Waals surface area contributed by atoms with E-state index in [1.807, 2.05) is 4.90 Å². The summed E-state index contributed by atoms with van der Waals surface area (Å²) in [7, 11) is 0. The number of carbonyl (C=O) groups is 1. The molecule has 1 unspecified atom stereocenters. The fourth-order valence-electron chi connectivity index (χ4n) is 3.79. The third-order valence-corrected chi connectivity index (χ3v) is 5.47. The number of likely N-dealkylation sites (tertiary alicyclic amines) is 1. The van der Waals surface area contributed by atoms with Crippen molar-refractivity contribution in [3.05, 3.63) is 0 Å². The largest absolute Gasteiger partial charge is 0.357 e. The van der Waals surface area contributed by atoms with Crippen LogP contribution < -0.4 is 5.32 Å². The highest BCUT2D eigenvalue weighted by atomic mass is 127. The molecule has 0 bridgehead atoms. The highest BCUT2D eigenvalue weighted by Gasteiger charge is 2.30. The zero-order valence-corrected chi connectivity index (χ0v) is 20.1. The fraction of sp³-hybridized carbons (Fsp3) is 0.900. The van der Waals surface area contributed by atoms with E-state index in [-0.39, 0.29) is 30.0 Å². The van der Waals surface area contributed by atoms with Crippen molar-refractivity contribution in [2.45, 2.75) is 59.4 Å². The molecule has 2 fully saturated rings. The molecule has 7 heteroatoms. The van der Waals surface area contributed by atoms with Crippen LogP contribution in [0.3, 0.4) is 0 Å². The predicted molar refractivity (Wildman–Crippen MR) is 124 cm³/mol. The molecule has 158 valence electrons. The summed E-state index contributed by atoms with van der Waals surface area (Å²) in [4.78, 5) is 24.2. The zero-order chi connectivity index (χ0) is 18.9. The third-order valence-electron chi connectivity index (χ3n) is 5.47. The number of rotatable bonds is 7. The summed E-state index contributed by atoms with van der Waals surface area (Å²) in [6.07, 6.45) is 4.69. The van der Waals surface area contributed by atoms with E-state index in [4.69, 9.17) is 4.99 Å². The molecule has 2 heterocycles. The molecule has 0 aromatic carbocycles. The number of nitrogens with zero attached hydrogens (tertiary/aromatic N) is 4. The first kappa shape index (κ1) is 24.5. The van der Waals surface area contributed by atoms with Crippen molar-refractivity contribution in [2.75, 3.05) is 52.4 Å². The van der Waals surface area contributed by atoms with E-state index in [1.165, 1.54) is 6.42 Å². The van der Waals surface area contributed by atoms with Crippen LogP contribution in [0.1, 0.15) is 53.4 Å². The number of nitrogens with one attached hydrogen (secondary N) is 1. The molecule has 1 atom stereocenters. The van der Waals surface area contributed by atoms with Crippen molar-refractivity contribution in [1.82, 2.24) is 20.0 Å². The molecular weight excluding hydrogens is 453 g/mol. The number of piperazine rings is 1. The minimum atomic E-state index is 0. The molecule has 27 heavy (non-hydrogen) atoms. The van der Waals surface area contributed by atoms with Gasteiger partial charge >= 0.3 is 0 Å². The van der Waals surface area contributed by atoms with E-state index in [0.29, 0.717) is 5.91 Å². The van der Waals surface area contributed by atoms with Crippen molar-refractivity contribution in [1.29, 1.82) is 0 Å². The van der Waals surface area contributed by atoms with Crippen LogP contribution in [0.5, 0.6) is 0 Å². The number of halogens is 1. The van der Waals surface area contributed by atoms with Gasteiger partial charge < -0.3 is 15.1 Å². The lowest BCUT2D eigenvalue weighted by atomic mass is 10.1. The van der Waals surface area contributed by atoms with Gasteiger partial charge in [0.25, 0.3) is 0 Å². The number of aliphatic imine (C=N–C) groups is 1. The normalized spacial score (nSPS) is 20.0. The second kappa shape index (κ2) is 12.8. The summed E-state index contributed by atoms with van der Waals surface area (Å²) in [5, 5.41) is 3.43. The van der Waals surface area contributed by atoms with Gasteiger partial charge in [0, 0.05) is 52.4 Å². The quantitative estimate of drug-likeness (QED) is 0.257. The fourth-order valence-corrected chi connectivity index (χ4v) is 3.79. The summed E-state index contributed by atoms with van der Waals surface area (Å²) in [6.45, 7) is 16.1. The van der Waals surface area contributed by atoms with Crippen LogP contribution in [0.4, 0.5) is 0 Å². The smallest absolute Gasteiger partial charge is 0.239 e. The topological polar surface area (TPSA) is 51.2 Å². The molecule has 0 saturated carbocycles. The standard InChI is InChI=1S/C20H39N5O.HI/c1-5-21-20(22-10-8-9-17(2)3)25-15-13-23(14-16-25)18(4)19(26)24-11-6-7-12-24;/h17-18H,5-16H2,1-4H3,(H,21,22);1H. The lowest BCUT2D eigenvalue weighted by Gasteiger charge is -2.39. The Morgan fingerprint density at radius 2 is 1.63 bits per heavy atom. The van der Waals surface area contributed by atoms with Gasteiger partial charge in [0.15, 0.2) is 5.96 Å². The maximum absolute atomic E-state index is 12.6. The molecule has 2 aliphatic rings. The van der Waals surface area contributed by atoms with E-state index in [2.05, 4.69) is 42.8 Å². The zero-order valence-electron chi connectivity index (χ0n) is 17.7. The number of guanidine groups is 1. The summed E-state index contributed by atoms with van der Waals surface area (Å²) < 4.78 is 0. The van der Waals surface area contributed by atoms with Gasteiger partial charge in [0.05, 0.1) is 6.04 Å². The molecule has 0 aromatic heterocycles. The average Bonchev–Trinajstić information content (AvgIpc) is 3.18. The van der Waals surface area contributed by atoms with Gasteiger partial charge in [-0.25, -0.2) is 0 Å². The summed E-state index contributed by atoms with van der Waals surface area (Å²) in [6, 6.07) is 0.000755. The van der Waals surface area contributed by atoms with Crippen LogP contribution >= 0.6 is 24.0 Å². The lowest BCUT2D eigenvalue weighted by Crippen LogP contribution is -2.57. The Balaban J connectivity index is 0.00000364. The highest BCUT2D eigenvalue weighted by molar-refractivity contribution is 14.0. The Morgan fingerprint density at radius 3 is 2.19 bits per heavy atom. The second-order valence-electron chi connectivity index (χ2n) is 8.00. The van der Waals surface area contributed by atoms with Crippen molar-refractivity contribution in [3.8, 4) is 0 Å². The van der Waals surface area contributed by atoms with E-state index in [9.17, 15) is 4.79 Å². The van der Waals surface area contributed by atoms with Crippen LogP contribution in [0.2, 0.25) is 0 Å². The Morgan fingerprint density at radius 1 is 1.00 bits per heavy atom. The maximum Gasteiger partial charge on any atom is 0.239 e. The monoisotopic (exact) mass is 493 g/mol. The Hall–Kier alpha value is -0.570. The summed E-state index contributed by atoms with van der Waals surface area (Å²) in [5.41, 5.74) is 0. The first-order chi connectivity index (χ1) is 12.5. The minimum absolute atomic E-state index is 0. The predicted octanol–water partition coefficient (Wildman–Crippen LogP) is 2.63. The highest BCUT2D eigenvalue weighted by Crippen LogP contribution is 2.14. The molecule has 1 N–H and O–H groups in total. The van der Waals surface area contributed by atoms with Crippen molar-refractivity contribution < 1.29 is 4.79 Å². The molecule has 6 nitrogen and oxygen atoms in total.